The van der Waals surface area contributed by atoms with Gasteiger partial charge in [0, 0.05) is 6.42 Å². The van der Waals surface area contributed by atoms with E-state index in [-0.39, 0.29) is 16.5 Å². The zero-order valence-corrected chi connectivity index (χ0v) is 23.4. The molecule has 1 aromatic carbocycles. The van der Waals surface area contributed by atoms with Crippen molar-refractivity contribution in [3.63, 3.8) is 0 Å². The molecule has 8 nitrogen and oxygen atoms in total. The molecule has 1 aromatic rings. The Hall–Kier alpha value is -1.62. The van der Waals surface area contributed by atoms with Gasteiger partial charge in [-0.2, -0.15) is 0 Å². The molecule has 3 aliphatic heterocycles. The number of nitrogens with zero attached hydrogens (tertiary/aromatic N) is 1. The van der Waals surface area contributed by atoms with Crippen molar-refractivity contribution in [2.75, 3.05) is 12.5 Å². The van der Waals surface area contributed by atoms with Gasteiger partial charge in [0.2, 0.25) is 18.4 Å². The van der Waals surface area contributed by atoms with Gasteiger partial charge in [0.1, 0.15) is 11.0 Å². The minimum absolute atomic E-state index is 0.0569. The molecule has 0 aliphatic carbocycles. The molecule has 0 radical (unpaired) electrons. The second kappa shape index (κ2) is 12.3. The predicted octanol–water partition coefficient (Wildman–Crippen LogP) is 4.27. The van der Waals surface area contributed by atoms with Crippen LogP contribution in [0, 0.1) is 0 Å². The van der Waals surface area contributed by atoms with Crippen LogP contribution in [0.2, 0.25) is 0 Å². The lowest BCUT2D eigenvalue weighted by molar-refractivity contribution is -0.167. The number of benzene rings is 1. The summed E-state index contributed by atoms with van der Waals surface area (Å²) in [6.07, 6.45) is 8.73. The van der Waals surface area contributed by atoms with Crippen molar-refractivity contribution in [1.29, 1.82) is 0 Å². The first kappa shape index (κ1) is 28.9. The van der Waals surface area contributed by atoms with Gasteiger partial charge in [0.25, 0.3) is 0 Å². The van der Waals surface area contributed by atoms with Gasteiger partial charge >= 0.3 is 5.97 Å². The van der Waals surface area contributed by atoms with E-state index in [1.807, 2.05) is 18.2 Å². The predicted molar refractivity (Wildman–Crippen MR) is 144 cm³/mol. The van der Waals surface area contributed by atoms with Gasteiger partial charge in [-0.05, 0) is 51.3 Å². The summed E-state index contributed by atoms with van der Waals surface area (Å²) < 4.78 is 22.4. The fourth-order valence-corrected chi connectivity index (χ4v) is 7.63. The van der Waals surface area contributed by atoms with Crippen LogP contribution in [-0.2, 0) is 27.2 Å². The van der Waals surface area contributed by atoms with Crippen molar-refractivity contribution in [1.82, 2.24) is 4.90 Å². The number of hydrogen-bond acceptors (Lipinski definition) is 7. The molecule has 2 fully saturated rings. The first-order chi connectivity index (χ1) is 17.0. The van der Waals surface area contributed by atoms with Crippen LogP contribution in [0.5, 0.6) is 11.5 Å². The first-order valence-electron chi connectivity index (χ1n) is 12.8. The van der Waals surface area contributed by atoms with E-state index in [2.05, 4.69) is 13.8 Å². The summed E-state index contributed by atoms with van der Waals surface area (Å²) in [7, 11) is 0. The second-order valence-electron chi connectivity index (χ2n) is 10.2. The standard InChI is InChI=1S/C18H28O3S.C8H12N2O3S/c1-3-4-5-6-7-8-11-22(19)15(2)12-16-9-10-17-18(13-16)21-14-20-17;1-7(2)8(9,6(12)13)10-4(11)3-5(10)14-7/h9-10,13,15H,3-8,11-12,14H2,1-2H3;5H,3,9H2,1-2H3,(H,12,13)/t;5-,8+/m.1/s1. The summed E-state index contributed by atoms with van der Waals surface area (Å²) >= 11 is 0.713. The lowest BCUT2D eigenvalue weighted by atomic mass is 9.91. The van der Waals surface area contributed by atoms with Crippen molar-refractivity contribution in [2.24, 2.45) is 5.73 Å². The van der Waals surface area contributed by atoms with Crippen molar-refractivity contribution in [2.45, 2.75) is 100 Å². The summed E-state index contributed by atoms with van der Waals surface area (Å²) in [4.78, 5) is 23.7. The Bertz CT molecular complexity index is 930. The van der Waals surface area contributed by atoms with Crippen LogP contribution in [0.3, 0.4) is 0 Å². The Kier molecular flexibility index (Phi) is 9.87. The number of carbonyl (C=O) groups excluding carboxylic acids is 1. The van der Waals surface area contributed by atoms with E-state index < -0.39 is 27.6 Å². The first-order valence-corrected chi connectivity index (χ1v) is 15.1. The van der Waals surface area contributed by atoms with E-state index in [9.17, 15) is 14.1 Å². The molecule has 0 spiro atoms. The van der Waals surface area contributed by atoms with Crippen molar-refractivity contribution in [3.05, 3.63) is 23.8 Å². The molecule has 202 valence electrons. The SMILES string of the molecule is CC1(C)S[C@@H]2CC(=O)N2[C@@]1(N)C(=O)O.CCCCCCCC[S+]([O-])C(C)Cc1ccc2c(c1)OCO2. The monoisotopic (exact) mass is 540 g/mol. The van der Waals surface area contributed by atoms with E-state index in [1.54, 1.807) is 13.8 Å². The van der Waals surface area contributed by atoms with Crippen LogP contribution in [0.4, 0.5) is 0 Å². The van der Waals surface area contributed by atoms with Crippen LogP contribution in [0.15, 0.2) is 18.2 Å². The fraction of sp³-hybridized carbons (Fsp3) is 0.692. The lowest BCUT2D eigenvalue weighted by Gasteiger charge is -2.43. The summed E-state index contributed by atoms with van der Waals surface area (Å²) in [5, 5.41) is 9.25. The number of thioether (sulfide) groups is 1. The molecule has 4 rings (SSSR count). The molecular formula is C26H40N2O6S2. The number of nitrogens with two attached hydrogens (primary N) is 1. The third-order valence-corrected chi connectivity index (χ3v) is 10.4. The maximum absolute atomic E-state index is 12.3. The Labute approximate surface area is 221 Å². The molecule has 0 aromatic heterocycles. The van der Waals surface area contributed by atoms with Gasteiger partial charge in [-0.15, -0.1) is 11.8 Å². The van der Waals surface area contributed by atoms with E-state index in [0.717, 1.165) is 30.1 Å². The molecular weight excluding hydrogens is 500 g/mol. The topological polar surface area (TPSA) is 125 Å². The van der Waals surface area contributed by atoms with Crippen molar-refractivity contribution in [3.8, 4) is 11.5 Å². The maximum Gasteiger partial charge on any atom is 0.346 e. The molecule has 0 saturated carbocycles. The molecule has 3 N–H and O–H groups in total. The van der Waals surface area contributed by atoms with Crippen LogP contribution in [0.1, 0.15) is 78.2 Å². The molecule has 2 saturated heterocycles. The molecule has 0 bridgehead atoms. The quantitative estimate of drug-likeness (QED) is 0.242. The zero-order valence-electron chi connectivity index (χ0n) is 21.8. The van der Waals surface area contributed by atoms with Gasteiger partial charge in [0.05, 0.1) is 16.5 Å². The molecule has 3 aliphatic rings. The molecule has 10 heteroatoms. The summed E-state index contributed by atoms with van der Waals surface area (Å²) in [6.45, 7) is 8.14. The third kappa shape index (κ3) is 6.26. The summed E-state index contributed by atoms with van der Waals surface area (Å²) in [6, 6.07) is 6.01. The Balaban J connectivity index is 0.000000221. The minimum Gasteiger partial charge on any atom is -0.616 e. The van der Waals surface area contributed by atoms with Crippen LogP contribution < -0.4 is 15.2 Å². The number of aliphatic carboxylic acids is 1. The normalized spacial score (nSPS) is 24.9. The van der Waals surface area contributed by atoms with Gasteiger partial charge in [-0.25, -0.2) is 4.79 Å². The van der Waals surface area contributed by atoms with Gasteiger partial charge in [0.15, 0.2) is 11.5 Å². The average molecular weight is 541 g/mol. The number of carboxylic acids is 1. The number of carboxylic acid groups (broad SMARTS) is 1. The third-order valence-electron chi connectivity index (χ3n) is 7.07. The molecule has 1 amide bonds. The Morgan fingerprint density at radius 2 is 1.92 bits per heavy atom. The molecule has 36 heavy (non-hydrogen) atoms. The smallest absolute Gasteiger partial charge is 0.346 e. The highest BCUT2D eigenvalue weighted by molar-refractivity contribution is 8.01. The number of β-lactam (4-membered cyclic amide) rings is 1. The van der Waals surface area contributed by atoms with Crippen molar-refractivity contribution >= 4 is 34.8 Å². The van der Waals surface area contributed by atoms with E-state index in [4.69, 9.17) is 20.3 Å². The number of unbranched alkanes of at least 4 members (excludes halogenated alkanes) is 5. The Morgan fingerprint density at radius 3 is 2.56 bits per heavy atom. The summed E-state index contributed by atoms with van der Waals surface area (Å²) in [5.41, 5.74) is 5.46. The molecule has 2 unspecified atom stereocenters. The second-order valence-corrected chi connectivity index (χ2v) is 14.0. The van der Waals surface area contributed by atoms with Gasteiger partial charge < -0.3 is 24.0 Å². The fourth-order valence-electron chi connectivity index (χ4n) is 4.70. The lowest BCUT2D eigenvalue weighted by Crippen LogP contribution is -2.72. The molecule has 3 heterocycles. The zero-order chi connectivity index (χ0) is 26.5. The van der Waals surface area contributed by atoms with Crippen molar-refractivity contribution < 1.29 is 28.7 Å². The number of ether oxygens (including phenoxy) is 2. The number of hydrogen-bond donors (Lipinski definition) is 2. The van der Waals surface area contributed by atoms with Gasteiger partial charge in [-0.3, -0.25) is 10.5 Å². The van der Waals surface area contributed by atoms with E-state index in [0.29, 0.717) is 13.2 Å². The Morgan fingerprint density at radius 1 is 1.25 bits per heavy atom. The van der Waals surface area contributed by atoms with E-state index in [1.165, 1.54) is 54.3 Å². The van der Waals surface area contributed by atoms with Crippen LogP contribution in [0.25, 0.3) is 0 Å². The average Bonchev–Trinajstić information content (AvgIpc) is 3.34. The number of fused-ring (bicyclic) bond motifs is 2. The van der Waals surface area contributed by atoms with Gasteiger partial charge in [-0.1, -0.05) is 49.8 Å². The maximum atomic E-state index is 12.3. The number of amides is 1. The highest BCUT2D eigenvalue weighted by atomic mass is 32.2. The highest BCUT2D eigenvalue weighted by Crippen LogP contribution is 2.54. The minimum atomic E-state index is -1.56. The largest absolute Gasteiger partial charge is 0.616 e. The van der Waals surface area contributed by atoms with Crippen LogP contribution in [-0.4, -0.2) is 60.0 Å². The summed E-state index contributed by atoms with van der Waals surface area (Å²) in [5.74, 6) is 1.15. The van der Waals surface area contributed by atoms with E-state index >= 15 is 0 Å². The number of rotatable bonds is 11. The molecule has 4 atom stereocenters. The highest BCUT2D eigenvalue weighted by Gasteiger charge is 2.67. The number of carbonyl (C=O) groups is 2. The van der Waals surface area contributed by atoms with Crippen LogP contribution >= 0.6 is 11.8 Å².